The second-order valence-corrected chi connectivity index (χ2v) is 14.7. The van der Waals surface area contributed by atoms with Gasteiger partial charge in [0.25, 0.3) is 0 Å². The van der Waals surface area contributed by atoms with E-state index in [4.69, 9.17) is 0 Å². The van der Waals surface area contributed by atoms with Crippen LogP contribution in [-0.4, -0.2) is 0 Å². The van der Waals surface area contributed by atoms with Crippen LogP contribution in [0.15, 0.2) is 194 Å². The summed E-state index contributed by atoms with van der Waals surface area (Å²) in [6.45, 7) is 0. The number of hydrogen-bond donors (Lipinski definition) is 0. The second-order valence-electron chi connectivity index (χ2n) is 14.7. The molecule has 0 bridgehead atoms. The van der Waals surface area contributed by atoms with Crippen molar-refractivity contribution in [2.45, 2.75) is 10.8 Å². The van der Waals surface area contributed by atoms with Crippen molar-refractivity contribution in [1.29, 1.82) is 0 Å². The molecule has 0 aliphatic heterocycles. The third-order valence-electron chi connectivity index (χ3n) is 12.5. The minimum atomic E-state index is -0.507. The fraction of sp³-hybridized carbons (Fsp3) is 0.0385. The van der Waals surface area contributed by atoms with Crippen LogP contribution < -0.4 is 0 Å². The Kier molecular flexibility index (Phi) is 5.46. The SMILES string of the molecule is c1ccc2c(c1)-c1ccccc1C21c2ccccc2C2(c3ccccc3-c3ccccc32)c2cc(-c3c4ccccc4cc4ccccc34)ccc21. The molecule has 0 N–H and O–H groups in total. The van der Waals surface area contributed by atoms with E-state index in [1.165, 1.54) is 99.4 Å². The number of benzene rings is 9. The Labute approximate surface area is 303 Å². The molecule has 0 radical (unpaired) electrons. The van der Waals surface area contributed by atoms with Crippen LogP contribution in [0.3, 0.4) is 0 Å². The number of rotatable bonds is 1. The van der Waals surface area contributed by atoms with Crippen LogP contribution in [0.1, 0.15) is 44.5 Å². The van der Waals surface area contributed by atoms with E-state index in [0.717, 1.165) is 0 Å². The lowest BCUT2D eigenvalue weighted by atomic mass is 9.52. The predicted octanol–water partition coefficient (Wildman–Crippen LogP) is 12.7. The molecule has 9 aromatic rings. The molecule has 52 heavy (non-hydrogen) atoms. The van der Waals surface area contributed by atoms with Crippen molar-refractivity contribution in [3.8, 4) is 33.4 Å². The van der Waals surface area contributed by atoms with Crippen LogP contribution in [0.25, 0.3) is 54.9 Å². The summed E-state index contributed by atoms with van der Waals surface area (Å²) in [5.41, 5.74) is 17.8. The molecule has 9 aromatic carbocycles. The van der Waals surface area contributed by atoms with Gasteiger partial charge in [-0.15, -0.1) is 0 Å². The Balaban J connectivity index is 1.31. The molecule has 2 spiro atoms. The van der Waals surface area contributed by atoms with Gasteiger partial charge >= 0.3 is 0 Å². The maximum Gasteiger partial charge on any atom is 0.0720 e. The molecule has 240 valence electrons. The molecule has 12 rings (SSSR count). The Bertz CT molecular complexity index is 2830. The van der Waals surface area contributed by atoms with Crippen molar-refractivity contribution in [3.05, 3.63) is 239 Å². The average molecular weight is 657 g/mol. The number of hydrogen-bond acceptors (Lipinski definition) is 0. The van der Waals surface area contributed by atoms with Crippen molar-refractivity contribution in [2.75, 3.05) is 0 Å². The van der Waals surface area contributed by atoms with Gasteiger partial charge in [-0.2, -0.15) is 0 Å². The van der Waals surface area contributed by atoms with Gasteiger partial charge in [-0.05, 0) is 112 Å². The minimum Gasteiger partial charge on any atom is -0.0619 e. The van der Waals surface area contributed by atoms with Gasteiger partial charge in [-0.3, -0.25) is 0 Å². The third kappa shape index (κ3) is 3.25. The summed E-state index contributed by atoms with van der Waals surface area (Å²) in [6, 6.07) is 73.6. The highest BCUT2D eigenvalue weighted by Crippen LogP contribution is 2.67. The van der Waals surface area contributed by atoms with E-state index in [-0.39, 0.29) is 0 Å². The first kappa shape index (κ1) is 28.2. The molecule has 0 amide bonds. The van der Waals surface area contributed by atoms with Crippen LogP contribution in [0.4, 0.5) is 0 Å². The van der Waals surface area contributed by atoms with E-state index in [9.17, 15) is 0 Å². The third-order valence-corrected chi connectivity index (χ3v) is 12.5. The van der Waals surface area contributed by atoms with Gasteiger partial charge < -0.3 is 0 Å². The van der Waals surface area contributed by atoms with Crippen LogP contribution in [0.2, 0.25) is 0 Å². The Morgan fingerprint density at radius 3 is 1.06 bits per heavy atom. The van der Waals surface area contributed by atoms with Gasteiger partial charge in [0, 0.05) is 0 Å². The molecule has 0 atom stereocenters. The Morgan fingerprint density at radius 1 is 0.250 bits per heavy atom. The Hall–Kier alpha value is -6.50. The van der Waals surface area contributed by atoms with Crippen molar-refractivity contribution >= 4 is 21.5 Å². The molecule has 3 aliphatic rings. The zero-order valence-electron chi connectivity index (χ0n) is 28.5. The summed E-state index contributed by atoms with van der Waals surface area (Å²) < 4.78 is 0. The average Bonchev–Trinajstić information content (AvgIpc) is 3.68. The van der Waals surface area contributed by atoms with Crippen LogP contribution in [0, 0.1) is 0 Å². The maximum absolute atomic E-state index is 2.59. The van der Waals surface area contributed by atoms with Crippen LogP contribution >= 0.6 is 0 Å². The molecule has 0 saturated carbocycles. The smallest absolute Gasteiger partial charge is 0.0619 e. The van der Waals surface area contributed by atoms with Gasteiger partial charge in [0.05, 0.1) is 10.8 Å². The van der Waals surface area contributed by atoms with E-state index in [1.807, 2.05) is 0 Å². The molecular formula is C52H32. The first-order valence-corrected chi connectivity index (χ1v) is 18.4. The number of fused-ring (bicyclic) bond motifs is 18. The molecule has 0 saturated heterocycles. The van der Waals surface area contributed by atoms with E-state index in [1.54, 1.807) is 0 Å². The molecular weight excluding hydrogens is 625 g/mol. The van der Waals surface area contributed by atoms with Crippen molar-refractivity contribution < 1.29 is 0 Å². The predicted molar refractivity (Wildman–Crippen MR) is 215 cm³/mol. The molecule has 0 fully saturated rings. The summed E-state index contributed by atoms with van der Waals surface area (Å²) in [7, 11) is 0. The molecule has 0 heterocycles. The summed E-state index contributed by atoms with van der Waals surface area (Å²) in [5.74, 6) is 0. The summed E-state index contributed by atoms with van der Waals surface area (Å²) >= 11 is 0. The van der Waals surface area contributed by atoms with E-state index in [0.29, 0.717) is 0 Å². The topological polar surface area (TPSA) is 0 Å². The first-order chi connectivity index (χ1) is 25.8. The minimum absolute atomic E-state index is 0.476. The largest absolute Gasteiger partial charge is 0.0720 e. The highest BCUT2D eigenvalue weighted by Gasteiger charge is 2.58. The van der Waals surface area contributed by atoms with Crippen molar-refractivity contribution in [1.82, 2.24) is 0 Å². The van der Waals surface area contributed by atoms with Crippen molar-refractivity contribution in [3.63, 3.8) is 0 Å². The monoisotopic (exact) mass is 656 g/mol. The molecule has 0 aromatic heterocycles. The molecule has 0 heteroatoms. The zero-order chi connectivity index (χ0) is 34.0. The first-order valence-electron chi connectivity index (χ1n) is 18.4. The highest BCUT2D eigenvalue weighted by atomic mass is 14.6. The summed E-state index contributed by atoms with van der Waals surface area (Å²) in [4.78, 5) is 0. The quantitative estimate of drug-likeness (QED) is 0.154. The normalized spacial score (nSPS) is 14.8. The molecule has 3 aliphatic carbocycles. The molecule has 0 nitrogen and oxygen atoms in total. The molecule has 0 unspecified atom stereocenters. The van der Waals surface area contributed by atoms with Gasteiger partial charge in [0.2, 0.25) is 0 Å². The van der Waals surface area contributed by atoms with Gasteiger partial charge in [-0.25, -0.2) is 0 Å². The lowest BCUT2D eigenvalue weighted by Crippen LogP contribution is -2.43. The Morgan fingerprint density at radius 2 is 0.596 bits per heavy atom. The fourth-order valence-corrected chi connectivity index (χ4v) is 10.7. The fourth-order valence-electron chi connectivity index (χ4n) is 10.7. The lowest BCUT2D eigenvalue weighted by molar-refractivity contribution is 0.633. The van der Waals surface area contributed by atoms with E-state index < -0.39 is 10.8 Å². The lowest BCUT2D eigenvalue weighted by Gasteiger charge is -2.49. The summed E-state index contributed by atoms with van der Waals surface area (Å²) in [6.07, 6.45) is 0. The van der Waals surface area contributed by atoms with Crippen molar-refractivity contribution in [2.24, 2.45) is 0 Å². The zero-order valence-corrected chi connectivity index (χ0v) is 28.5. The van der Waals surface area contributed by atoms with Gasteiger partial charge in [0.15, 0.2) is 0 Å². The van der Waals surface area contributed by atoms with Gasteiger partial charge in [-0.1, -0.05) is 182 Å². The second kappa shape index (κ2) is 10.1. The maximum atomic E-state index is 2.59. The van der Waals surface area contributed by atoms with Crippen LogP contribution in [-0.2, 0) is 10.8 Å². The highest BCUT2D eigenvalue weighted by molar-refractivity contribution is 6.13. The van der Waals surface area contributed by atoms with Crippen LogP contribution in [0.5, 0.6) is 0 Å². The standard InChI is InChI=1S/C52H32/c1-3-17-36-33(15-1)31-34-16-2-4-18-37(34)50(36)35-29-30-48-49(32-35)52(44-25-11-7-21-40(44)41-22-8-12-26-45(41)52)47-28-14-13-27-46(47)51(48)42-23-9-5-19-38(42)39-20-6-10-24-43(39)51/h1-32H. The van der Waals surface area contributed by atoms with E-state index in [2.05, 4.69) is 194 Å². The van der Waals surface area contributed by atoms with Gasteiger partial charge in [0.1, 0.15) is 0 Å². The summed E-state index contributed by atoms with van der Waals surface area (Å²) in [5, 5.41) is 5.09. The van der Waals surface area contributed by atoms with E-state index >= 15 is 0 Å².